The molecular weight excluding hydrogens is 410 g/mol. The van der Waals surface area contributed by atoms with Crippen LogP contribution in [0.1, 0.15) is 38.0 Å². The zero-order valence-corrected chi connectivity index (χ0v) is 19.7. The monoisotopic (exact) mass is 445 g/mol. The van der Waals surface area contributed by atoms with Crippen LogP contribution in [-0.4, -0.2) is 60.8 Å². The second-order valence-corrected chi connectivity index (χ2v) is 8.26. The van der Waals surface area contributed by atoms with Crippen molar-refractivity contribution in [2.45, 2.75) is 45.7 Å². The van der Waals surface area contributed by atoms with Crippen LogP contribution in [-0.2, 0) is 13.0 Å². The van der Waals surface area contributed by atoms with Gasteiger partial charge in [0.05, 0.1) is 26.0 Å². The molecule has 1 N–H and O–H groups in total. The Bertz CT molecular complexity index is 804. The molecule has 1 aromatic carbocycles. The Morgan fingerprint density at radius 2 is 1.90 bits per heavy atom. The van der Waals surface area contributed by atoms with Crippen molar-refractivity contribution in [2.75, 3.05) is 39.9 Å². The number of piperidine rings is 1. The van der Waals surface area contributed by atoms with Crippen molar-refractivity contribution >= 4 is 17.3 Å². The Hall–Kier alpha value is -2.25. The van der Waals surface area contributed by atoms with Crippen LogP contribution in [0.5, 0.6) is 11.5 Å². The Balaban J connectivity index is 1.59. The number of furan rings is 1. The van der Waals surface area contributed by atoms with E-state index in [9.17, 15) is 0 Å². The SMILES string of the molecule is CCOc1ccc(CCNC(=S)N(Cc2ccco2)C2CCN(C)CC2)cc1OCC. The summed E-state index contributed by atoms with van der Waals surface area (Å²) in [5, 5.41) is 4.27. The van der Waals surface area contributed by atoms with Crippen LogP contribution in [0.3, 0.4) is 0 Å². The first kappa shape index (κ1) is 23.4. The number of likely N-dealkylation sites (tertiary alicyclic amines) is 1. The van der Waals surface area contributed by atoms with Gasteiger partial charge in [0.2, 0.25) is 0 Å². The molecule has 170 valence electrons. The predicted molar refractivity (Wildman–Crippen MR) is 128 cm³/mol. The zero-order chi connectivity index (χ0) is 22.1. The minimum Gasteiger partial charge on any atom is -0.490 e. The van der Waals surface area contributed by atoms with Gasteiger partial charge in [0.25, 0.3) is 0 Å². The summed E-state index contributed by atoms with van der Waals surface area (Å²) in [7, 11) is 2.18. The van der Waals surface area contributed by atoms with E-state index in [2.05, 4.69) is 34.3 Å². The van der Waals surface area contributed by atoms with Gasteiger partial charge in [-0.1, -0.05) is 6.07 Å². The maximum atomic E-state index is 5.81. The number of thiocarbonyl (C=S) groups is 1. The Kier molecular flexibility index (Phi) is 9.03. The smallest absolute Gasteiger partial charge is 0.169 e. The van der Waals surface area contributed by atoms with Crippen LogP contribution in [0, 0.1) is 0 Å². The largest absolute Gasteiger partial charge is 0.490 e. The van der Waals surface area contributed by atoms with Crippen molar-refractivity contribution < 1.29 is 13.9 Å². The second-order valence-electron chi connectivity index (χ2n) is 7.87. The quantitative estimate of drug-likeness (QED) is 0.553. The van der Waals surface area contributed by atoms with Crippen molar-refractivity contribution in [3.05, 3.63) is 47.9 Å². The summed E-state index contributed by atoms with van der Waals surface area (Å²) >= 11 is 5.81. The number of nitrogens with one attached hydrogen (secondary N) is 1. The number of rotatable bonds is 10. The molecule has 0 bridgehead atoms. The highest BCUT2D eigenvalue weighted by atomic mass is 32.1. The molecule has 1 aliphatic heterocycles. The summed E-state index contributed by atoms with van der Waals surface area (Å²) in [5.74, 6) is 2.54. The Morgan fingerprint density at radius 3 is 2.58 bits per heavy atom. The lowest BCUT2D eigenvalue weighted by molar-refractivity contribution is 0.165. The fraction of sp³-hybridized carbons (Fsp3) is 0.542. The minimum absolute atomic E-state index is 0.427. The number of benzene rings is 1. The molecule has 0 unspecified atom stereocenters. The first-order valence-electron chi connectivity index (χ1n) is 11.2. The summed E-state index contributed by atoms with van der Waals surface area (Å²) in [4.78, 5) is 4.67. The molecule has 0 saturated carbocycles. The molecule has 31 heavy (non-hydrogen) atoms. The van der Waals surface area contributed by atoms with Gasteiger partial charge in [-0.05, 0) is 95.3 Å². The molecule has 6 nitrogen and oxygen atoms in total. The van der Waals surface area contributed by atoms with Crippen LogP contribution in [0.2, 0.25) is 0 Å². The third kappa shape index (κ3) is 6.87. The highest BCUT2D eigenvalue weighted by Gasteiger charge is 2.25. The predicted octanol–water partition coefficient (Wildman–Crippen LogP) is 4.09. The summed E-state index contributed by atoms with van der Waals surface area (Å²) in [5.41, 5.74) is 1.19. The number of nitrogens with zero attached hydrogens (tertiary/aromatic N) is 2. The van der Waals surface area contributed by atoms with E-state index in [1.54, 1.807) is 6.26 Å². The second kappa shape index (κ2) is 12.0. The van der Waals surface area contributed by atoms with E-state index < -0.39 is 0 Å². The Labute approximate surface area is 191 Å². The van der Waals surface area contributed by atoms with Gasteiger partial charge in [-0.25, -0.2) is 0 Å². The lowest BCUT2D eigenvalue weighted by atomic mass is 10.0. The molecule has 1 fully saturated rings. The van der Waals surface area contributed by atoms with Gasteiger partial charge in [-0.2, -0.15) is 0 Å². The van der Waals surface area contributed by atoms with Gasteiger partial charge < -0.3 is 29.0 Å². The fourth-order valence-electron chi connectivity index (χ4n) is 3.91. The number of hydrogen-bond donors (Lipinski definition) is 1. The number of ether oxygens (including phenoxy) is 2. The highest BCUT2D eigenvalue weighted by Crippen LogP contribution is 2.28. The topological polar surface area (TPSA) is 50.1 Å². The van der Waals surface area contributed by atoms with E-state index in [1.165, 1.54) is 5.56 Å². The van der Waals surface area contributed by atoms with E-state index >= 15 is 0 Å². The van der Waals surface area contributed by atoms with Crippen molar-refractivity contribution in [1.82, 2.24) is 15.1 Å². The van der Waals surface area contributed by atoms with Crippen LogP contribution in [0.15, 0.2) is 41.0 Å². The molecule has 3 rings (SSSR count). The van der Waals surface area contributed by atoms with Gasteiger partial charge in [0, 0.05) is 12.6 Å². The molecule has 2 heterocycles. The maximum absolute atomic E-state index is 5.81. The minimum atomic E-state index is 0.427. The molecule has 7 heteroatoms. The third-order valence-electron chi connectivity index (χ3n) is 5.59. The summed E-state index contributed by atoms with van der Waals surface area (Å²) in [6.45, 7) is 8.85. The average Bonchev–Trinajstić information content (AvgIpc) is 3.28. The van der Waals surface area contributed by atoms with E-state index in [1.807, 2.05) is 32.0 Å². The molecule has 0 amide bonds. The molecule has 1 aliphatic rings. The molecule has 1 aromatic heterocycles. The van der Waals surface area contributed by atoms with E-state index in [-0.39, 0.29) is 0 Å². The Morgan fingerprint density at radius 1 is 1.16 bits per heavy atom. The van der Waals surface area contributed by atoms with Crippen LogP contribution in [0.25, 0.3) is 0 Å². The van der Waals surface area contributed by atoms with Crippen LogP contribution in [0.4, 0.5) is 0 Å². The van der Waals surface area contributed by atoms with Crippen molar-refractivity contribution in [2.24, 2.45) is 0 Å². The van der Waals surface area contributed by atoms with Crippen LogP contribution >= 0.6 is 12.2 Å². The fourth-order valence-corrected chi connectivity index (χ4v) is 4.23. The van der Waals surface area contributed by atoms with Crippen molar-refractivity contribution in [3.63, 3.8) is 0 Å². The van der Waals surface area contributed by atoms with Crippen molar-refractivity contribution in [3.8, 4) is 11.5 Å². The molecule has 0 spiro atoms. The van der Waals surface area contributed by atoms with Gasteiger partial charge in [0.1, 0.15) is 5.76 Å². The standard InChI is InChI=1S/C24H35N3O3S/c1-4-28-22-9-8-19(17-23(22)29-5-2)10-13-25-24(31)27(18-21-7-6-16-30-21)20-11-14-26(3)15-12-20/h6-9,16-17,20H,4-5,10-15,18H2,1-3H3,(H,25,31). The third-order valence-corrected chi connectivity index (χ3v) is 5.97. The molecular formula is C24H35N3O3S. The van der Waals surface area contributed by atoms with E-state index in [0.717, 1.165) is 61.3 Å². The maximum Gasteiger partial charge on any atom is 0.169 e. The van der Waals surface area contributed by atoms with Gasteiger partial charge in [0.15, 0.2) is 16.6 Å². The molecule has 1 saturated heterocycles. The van der Waals surface area contributed by atoms with Gasteiger partial charge in [-0.15, -0.1) is 0 Å². The van der Waals surface area contributed by atoms with Gasteiger partial charge >= 0.3 is 0 Å². The molecule has 0 aliphatic carbocycles. The van der Waals surface area contributed by atoms with E-state index in [0.29, 0.717) is 25.8 Å². The lowest BCUT2D eigenvalue weighted by Gasteiger charge is -2.38. The molecule has 2 aromatic rings. The highest BCUT2D eigenvalue weighted by molar-refractivity contribution is 7.80. The lowest BCUT2D eigenvalue weighted by Crippen LogP contribution is -2.49. The first-order valence-corrected chi connectivity index (χ1v) is 11.7. The summed E-state index contributed by atoms with van der Waals surface area (Å²) < 4.78 is 17.0. The molecule has 0 radical (unpaired) electrons. The first-order chi connectivity index (χ1) is 15.1. The molecule has 0 atom stereocenters. The van der Waals surface area contributed by atoms with Crippen molar-refractivity contribution in [1.29, 1.82) is 0 Å². The van der Waals surface area contributed by atoms with E-state index in [4.69, 9.17) is 26.1 Å². The zero-order valence-electron chi connectivity index (χ0n) is 18.9. The summed E-state index contributed by atoms with van der Waals surface area (Å²) in [6.07, 6.45) is 4.79. The summed E-state index contributed by atoms with van der Waals surface area (Å²) in [6, 6.07) is 10.5. The number of hydrogen-bond acceptors (Lipinski definition) is 5. The normalized spacial score (nSPS) is 14.9. The van der Waals surface area contributed by atoms with Crippen LogP contribution < -0.4 is 14.8 Å². The van der Waals surface area contributed by atoms with Gasteiger partial charge in [-0.3, -0.25) is 0 Å². The average molecular weight is 446 g/mol.